The van der Waals surface area contributed by atoms with Crippen LogP contribution in [-0.2, 0) is 0 Å². The molecule has 6 nitrogen and oxygen atoms in total. The number of fused-ring (bicyclic) bond motifs is 6. The van der Waals surface area contributed by atoms with Gasteiger partial charge in [0.2, 0.25) is 6.29 Å². The molecule has 10 aromatic rings. The summed E-state index contributed by atoms with van der Waals surface area (Å²) >= 11 is 0. The van der Waals surface area contributed by atoms with E-state index in [1.54, 1.807) is 0 Å². The summed E-state index contributed by atoms with van der Waals surface area (Å²) in [4.78, 5) is 13.0. The zero-order valence-electron chi connectivity index (χ0n) is 30.8. The highest BCUT2D eigenvalue weighted by Gasteiger charge is 2.28. The van der Waals surface area contributed by atoms with Crippen molar-refractivity contribution in [2.45, 2.75) is 6.29 Å². The number of benzene rings is 8. The molecule has 0 spiro atoms. The van der Waals surface area contributed by atoms with Gasteiger partial charge in [0.1, 0.15) is 17.0 Å². The highest BCUT2D eigenvalue weighted by atomic mass is 16.3. The second-order valence-electron chi connectivity index (χ2n) is 14.2. The number of amidine groups is 2. The van der Waals surface area contributed by atoms with Gasteiger partial charge in [-0.2, -0.15) is 0 Å². The van der Waals surface area contributed by atoms with Crippen molar-refractivity contribution in [3.05, 3.63) is 211 Å². The first kappa shape index (κ1) is 32.7. The second kappa shape index (κ2) is 13.6. The van der Waals surface area contributed by atoms with E-state index in [-0.39, 0.29) is 0 Å². The van der Waals surface area contributed by atoms with Crippen LogP contribution in [0.25, 0.3) is 54.9 Å². The Bertz CT molecular complexity index is 3090. The lowest BCUT2D eigenvalue weighted by molar-refractivity contribution is 0.515. The molecule has 11 rings (SSSR count). The lowest BCUT2D eigenvalue weighted by Crippen LogP contribution is -2.36. The molecule has 1 aliphatic heterocycles. The molecule has 1 unspecified atom stereocenters. The molecule has 0 amide bonds. The monoisotopic (exact) mass is 733 g/mol. The highest BCUT2D eigenvalue weighted by molar-refractivity contribution is 6.22. The van der Waals surface area contributed by atoms with Gasteiger partial charge >= 0.3 is 0 Å². The van der Waals surface area contributed by atoms with E-state index >= 15 is 0 Å². The van der Waals surface area contributed by atoms with Gasteiger partial charge in [-0.05, 0) is 65.7 Å². The Morgan fingerprint density at radius 1 is 0.491 bits per heavy atom. The minimum atomic E-state index is -0.486. The van der Waals surface area contributed by atoms with E-state index in [0.717, 1.165) is 72.6 Å². The number of nitrogens with zero attached hydrogens (tertiary/aromatic N) is 4. The molecule has 0 saturated carbocycles. The molecule has 0 fully saturated rings. The van der Waals surface area contributed by atoms with Crippen LogP contribution in [0.15, 0.2) is 215 Å². The van der Waals surface area contributed by atoms with E-state index in [4.69, 9.17) is 14.4 Å². The molecule has 2 aromatic heterocycles. The van der Waals surface area contributed by atoms with Crippen LogP contribution in [-0.4, -0.2) is 16.2 Å². The standard InChI is InChI=1S/C51H35N5O/c1-4-16-34(17-5-1)35-28-30-38(31-29-35)55(37-20-8-3-9-21-37)45-33-32-42(48-47(45)41-24-12-15-27-46(41)57-48)50-52-49(36-18-6-2-7-19-36)53-51(54-50)56-43-25-13-10-22-39(43)40-23-11-14-26-44(40)56/h1-33,51H,(H,52,53,54). The van der Waals surface area contributed by atoms with Gasteiger partial charge in [-0.15, -0.1) is 0 Å². The maximum absolute atomic E-state index is 6.88. The van der Waals surface area contributed by atoms with Crippen molar-refractivity contribution in [3.8, 4) is 11.1 Å². The number of nitrogens with one attached hydrogen (secondary N) is 1. The predicted molar refractivity (Wildman–Crippen MR) is 235 cm³/mol. The molecular formula is C51H35N5O. The first-order valence-corrected chi connectivity index (χ1v) is 19.2. The second-order valence-corrected chi connectivity index (χ2v) is 14.2. The average Bonchev–Trinajstić information content (AvgIpc) is 3.84. The quantitative estimate of drug-likeness (QED) is 0.177. The zero-order valence-corrected chi connectivity index (χ0v) is 30.8. The van der Waals surface area contributed by atoms with E-state index in [2.05, 4.69) is 179 Å². The lowest BCUT2D eigenvalue weighted by Gasteiger charge is -2.28. The molecule has 0 radical (unpaired) electrons. The lowest BCUT2D eigenvalue weighted by atomic mass is 10.0. The smallest absolute Gasteiger partial charge is 0.204 e. The summed E-state index contributed by atoms with van der Waals surface area (Å²) in [5.74, 6) is 1.33. The fraction of sp³-hybridized carbons (Fsp3) is 0.0196. The summed E-state index contributed by atoms with van der Waals surface area (Å²) in [6.45, 7) is 0. The number of anilines is 3. The highest BCUT2D eigenvalue weighted by Crippen LogP contribution is 2.45. The van der Waals surface area contributed by atoms with Crippen molar-refractivity contribution < 1.29 is 4.42 Å². The van der Waals surface area contributed by atoms with Gasteiger partial charge in [-0.1, -0.05) is 146 Å². The van der Waals surface area contributed by atoms with Gasteiger partial charge in [-0.3, -0.25) is 0 Å². The molecule has 6 heteroatoms. The average molecular weight is 734 g/mol. The fourth-order valence-corrected chi connectivity index (χ4v) is 8.26. The van der Waals surface area contributed by atoms with Gasteiger partial charge in [0.05, 0.1) is 27.7 Å². The Morgan fingerprint density at radius 2 is 1.04 bits per heavy atom. The van der Waals surface area contributed by atoms with Crippen LogP contribution in [0, 0.1) is 0 Å². The van der Waals surface area contributed by atoms with E-state index in [0.29, 0.717) is 5.84 Å². The van der Waals surface area contributed by atoms with E-state index < -0.39 is 6.29 Å². The molecular weight excluding hydrogens is 699 g/mol. The Morgan fingerprint density at radius 3 is 1.72 bits per heavy atom. The number of hydrogen-bond acceptors (Lipinski definition) is 5. The summed E-state index contributed by atoms with van der Waals surface area (Å²) in [6.07, 6.45) is -0.486. The molecule has 57 heavy (non-hydrogen) atoms. The van der Waals surface area contributed by atoms with E-state index in [1.165, 1.54) is 16.3 Å². The normalized spacial score (nSPS) is 14.1. The van der Waals surface area contributed by atoms with Gasteiger partial charge < -0.3 is 19.2 Å². The van der Waals surface area contributed by atoms with Crippen LogP contribution < -0.4 is 10.2 Å². The van der Waals surface area contributed by atoms with Gasteiger partial charge in [-0.25, -0.2) is 9.98 Å². The molecule has 8 aromatic carbocycles. The summed E-state index contributed by atoms with van der Waals surface area (Å²) in [5, 5.41) is 8.07. The molecule has 1 atom stereocenters. The maximum Gasteiger partial charge on any atom is 0.204 e. The van der Waals surface area contributed by atoms with Crippen LogP contribution in [0.5, 0.6) is 0 Å². The molecule has 0 aliphatic carbocycles. The molecule has 0 saturated heterocycles. The number of furan rings is 1. The molecule has 0 bridgehead atoms. The molecule has 270 valence electrons. The van der Waals surface area contributed by atoms with Gasteiger partial charge in [0.25, 0.3) is 0 Å². The van der Waals surface area contributed by atoms with Gasteiger partial charge in [0.15, 0.2) is 5.84 Å². The Hall–Kier alpha value is -7.70. The molecule has 1 aliphatic rings. The zero-order chi connectivity index (χ0) is 37.7. The minimum Gasteiger partial charge on any atom is -0.455 e. The van der Waals surface area contributed by atoms with E-state index in [9.17, 15) is 0 Å². The van der Waals surface area contributed by atoms with Crippen LogP contribution in [0.3, 0.4) is 0 Å². The third kappa shape index (κ3) is 5.57. The minimum absolute atomic E-state index is 0.486. The Labute approximate surface area is 329 Å². The predicted octanol–water partition coefficient (Wildman–Crippen LogP) is 12.8. The van der Waals surface area contributed by atoms with Crippen LogP contribution in [0.2, 0.25) is 0 Å². The SMILES string of the molecule is c1ccc(C2=NC(c3ccc(N(c4ccccc4)c4ccc(-c5ccccc5)cc4)c4c3oc3ccccc34)=NC(n3c4ccccc4c4ccccc43)N2)cc1. The van der Waals surface area contributed by atoms with Crippen LogP contribution in [0.4, 0.5) is 17.1 Å². The number of rotatable bonds is 7. The first-order valence-electron chi connectivity index (χ1n) is 19.2. The summed E-state index contributed by atoms with van der Waals surface area (Å²) in [6, 6.07) is 69.7. The van der Waals surface area contributed by atoms with Crippen LogP contribution in [0.1, 0.15) is 17.4 Å². The van der Waals surface area contributed by atoms with Crippen molar-refractivity contribution >= 4 is 72.5 Å². The summed E-state index contributed by atoms with van der Waals surface area (Å²) < 4.78 is 9.16. The van der Waals surface area contributed by atoms with E-state index in [1.807, 2.05) is 36.4 Å². The number of aromatic nitrogens is 1. The third-order valence-electron chi connectivity index (χ3n) is 10.9. The molecule has 3 heterocycles. The van der Waals surface area contributed by atoms with Crippen molar-refractivity contribution in [1.82, 2.24) is 9.88 Å². The Kier molecular flexibility index (Phi) is 7.78. The van der Waals surface area contributed by atoms with Crippen molar-refractivity contribution in [2.24, 2.45) is 9.98 Å². The maximum atomic E-state index is 6.88. The third-order valence-corrected chi connectivity index (χ3v) is 10.9. The number of hydrogen-bond donors (Lipinski definition) is 1. The summed E-state index contributed by atoms with van der Waals surface area (Å²) in [7, 11) is 0. The molecule has 1 N–H and O–H groups in total. The largest absolute Gasteiger partial charge is 0.455 e. The van der Waals surface area contributed by atoms with Crippen molar-refractivity contribution in [2.75, 3.05) is 4.90 Å². The van der Waals surface area contributed by atoms with Gasteiger partial charge in [0, 0.05) is 33.1 Å². The number of para-hydroxylation sites is 4. The Balaban J connectivity index is 1.14. The topological polar surface area (TPSA) is 58.1 Å². The van der Waals surface area contributed by atoms with Crippen molar-refractivity contribution in [3.63, 3.8) is 0 Å². The number of aliphatic imine (C=N–C) groups is 2. The summed E-state index contributed by atoms with van der Waals surface area (Å²) in [5.41, 5.74) is 10.9. The first-order chi connectivity index (χ1) is 28.3. The fourth-order valence-electron chi connectivity index (χ4n) is 8.26. The van der Waals surface area contributed by atoms with Crippen LogP contribution >= 0.6 is 0 Å². The van der Waals surface area contributed by atoms with Crippen molar-refractivity contribution in [1.29, 1.82) is 0 Å².